The van der Waals surface area contributed by atoms with E-state index in [1.807, 2.05) is 50.3 Å². The minimum absolute atomic E-state index is 0.0563. The Hall–Kier alpha value is -4.38. The lowest BCUT2D eigenvalue weighted by atomic mass is 10.1. The number of allylic oxidation sites excluding steroid dienone is 1. The summed E-state index contributed by atoms with van der Waals surface area (Å²) < 4.78 is 11.1. The van der Waals surface area contributed by atoms with Crippen molar-refractivity contribution < 1.29 is 9.47 Å². The van der Waals surface area contributed by atoms with Gasteiger partial charge >= 0.3 is 0 Å². The van der Waals surface area contributed by atoms with Gasteiger partial charge in [0.15, 0.2) is 11.5 Å². The number of ether oxygens (including phenoxy) is 2. The van der Waals surface area contributed by atoms with Gasteiger partial charge in [-0.15, -0.1) is 0 Å². The first-order valence-electron chi connectivity index (χ1n) is 9.85. The predicted molar refractivity (Wildman–Crippen MR) is 124 cm³/mol. The molecule has 0 aliphatic carbocycles. The van der Waals surface area contributed by atoms with Gasteiger partial charge in [0.2, 0.25) is 5.95 Å². The van der Waals surface area contributed by atoms with Crippen molar-refractivity contribution in [2.24, 2.45) is 5.10 Å². The Kier molecular flexibility index (Phi) is 7.38. The number of methoxy groups -OCH3 is 1. The Morgan fingerprint density at radius 2 is 2.00 bits per heavy atom. The summed E-state index contributed by atoms with van der Waals surface area (Å²) >= 11 is 0. The van der Waals surface area contributed by atoms with Crippen LogP contribution in [0.1, 0.15) is 25.0 Å². The van der Waals surface area contributed by atoms with Crippen molar-refractivity contribution in [2.75, 3.05) is 19.1 Å². The monoisotopic (exact) mass is 429 g/mol. The van der Waals surface area contributed by atoms with Crippen LogP contribution in [0.2, 0.25) is 0 Å². The highest BCUT2D eigenvalue weighted by Gasteiger charge is 2.13. The molecule has 1 heterocycles. The number of aromatic amines is 1. The smallest absolute Gasteiger partial charge is 0.270 e. The average molecular weight is 429 g/mol. The van der Waals surface area contributed by atoms with E-state index in [0.29, 0.717) is 23.7 Å². The number of nitrogens with zero attached hydrogens (tertiary/aromatic N) is 3. The molecular weight excluding hydrogens is 406 g/mol. The predicted octanol–water partition coefficient (Wildman–Crippen LogP) is 4.11. The first-order chi connectivity index (χ1) is 15.5. The molecule has 0 atom stereocenters. The van der Waals surface area contributed by atoms with Gasteiger partial charge in [-0.05, 0) is 43.7 Å². The van der Waals surface area contributed by atoms with Crippen molar-refractivity contribution in [3.63, 3.8) is 0 Å². The molecule has 8 nitrogen and oxygen atoms in total. The molecule has 2 aromatic carbocycles. The zero-order chi connectivity index (χ0) is 22.9. The van der Waals surface area contributed by atoms with Crippen LogP contribution in [-0.4, -0.2) is 29.9 Å². The molecular formula is C24H23N5O3. The Morgan fingerprint density at radius 1 is 1.22 bits per heavy atom. The van der Waals surface area contributed by atoms with Crippen molar-refractivity contribution in [3.05, 3.63) is 81.7 Å². The summed E-state index contributed by atoms with van der Waals surface area (Å²) in [4.78, 5) is 19.2. The van der Waals surface area contributed by atoms with Gasteiger partial charge < -0.3 is 9.47 Å². The normalized spacial score (nSPS) is 10.4. The van der Waals surface area contributed by atoms with Crippen LogP contribution in [0, 0.1) is 11.3 Å². The van der Waals surface area contributed by atoms with Gasteiger partial charge in [-0.3, -0.25) is 9.78 Å². The molecule has 0 saturated carbocycles. The van der Waals surface area contributed by atoms with Crippen LogP contribution in [0.15, 0.2) is 70.1 Å². The second kappa shape index (κ2) is 10.6. The summed E-state index contributed by atoms with van der Waals surface area (Å²) in [6.07, 6.45) is 3.54. The summed E-state index contributed by atoms with van der Waals surface area (Å²) in [7, 11) is 1.57. The molecule has 0 radical (unpaired) electrons. The summed E-state index contributed by atoms with van der Waals surface area (Å²) in [6, 6.07) is 16.4. The summed E-state index contributed by atoms with van der Waals surface area (Å²) in [5.74, 6) is 1.32. The molecule has 0 amide bonds. The minimum Gasteiger partial charge on any atom is -0.493 e. The number of nitriles is 1. The van der Waals surface area contributed by atoms with Gasteiger partial charge in [-0.1, -0.05) is 35.9 Å². The molecule has 162 valence electrons. The molecule has 2 N–H and O–H groups in total. The number of aromatic nitrogens is 2. The lowest BCUT2D eigenvalue weighted by molar-refractivity contribution is 0.325. The zero-order valence-corrected chi connectivity index (χ0v) is 18.0. The van der Waals surface area contributed by atoms with Crippen LogP contribution < -0.4 is 20.5 Å². The molecule has 32 heavy (non-hydrogen) atoms. The third-order valence-corrected chi connectivity index (χ3v) is 4.38. The Labute approximate surface area is 185 Å². The lowest BCUT2D eigenvalue weighted by Gasteiger charge is -2.10. The van der Waals surface area contributed by atoms with Crippen molar-refractivity contribution in [3.8, 4) is 28.8 Å². The molecule has 1 aromatic heterocycles. The third-order valence-electron chi connectivity index (χ3n) is 4.38. The van der Waals surface area contributed by atoms with Crippen LogP contribution in [0.25, 0.3) is 11.3 Å². The largest absolute Gasteiger partial charge is 0.493 e. The Bertz CT molecular complexity index is 1240. The van der Waals surface area contributed by atoms with E-state index < -0.39 is 5.56 Å². The van der Waals surface area contributed by atoms with E-state index in [9.17, 15) is 10.1 Å². The van der Waals surface area contributed by atoms with Crippen LogP contribution >= 0.6 is 0 Å². The molecule has 0 fully saturated rings. The van der Waals surface area contributed by atoms with Crippen molar-refractivity contribution >= 4 is 12.2 Å². The van der Waals surface area contributed by atoms with Crippen molar-refractivity contribution in [2.45, 2.75) is 13.8 Å². The molecule has 0 saturated heterocycles. The Balaban J connectivity index is 1.79. The maximum atomic E-state index is 12.3. The number of hydrogen-bond donors (Lipinski definition) is 2. The minimum atomic E-state index is -0.543. The van der Waals surface area contributed by atoms with Gasteiger partial charge in [-0.2, -0.15) is 10.4 Å². The van der Waals surface area contributed by atoms with E-state index in [2.05, 4.69) is 20.5 Å². The van der Waals surface area contributed by atoms with Crippen LogP contribution in [0.3, 0.4) is 0 Å². The summed E-state index contributed by atoms with van der Waals surface area (Å²) in [6.45, 7) is 4.47. The Morgan fingerprint density at radius 3 is 2.69 bits per heavy atom. The fraction of sp³-hybridized carbons (Fsp3) is 0.167. The number of hydrazone groups is 1. The average Bonchev–Trinajstić information content (AvgIpc) is 2.79. The van der Waals surface area contributed by atoms with Crippen molar-refractivity contribution in [1.82, 2.24) is 9.97 Å². The van der Waals surface area contributed by atoms with Gasteiger partial charge in [0.25, 0.3) is 5.56 Å². The molecule has 0 unspecified atom stereocenters. The molecule has 0 aliphatic heterocycles. The van der Waals surface area contributed by atoms with E-state index in [1.165, 1.54) is 5.57 Å². The molecule has 8 heteroatoms. The third kappa shape index (κ3) is 5.61. The molecule has 0 bridgehead atoms. The van der Waals surface area contributed by atoms with Crippen LogP contribution in [0.5, 0.6) is 11.5 Å². The fourth-order valence-electron chi connectivity index (χ4n) is 2.78. The van der Waals surface area contributed by atoms with Gasteiger partial charge in [0.1, 0.15) is 18.2 Å². The number of rotatable bonds is 8. The number of hydrogen-bond acceptors (Lipinski definition) is 7. The number of H-pyrrole nitrogens is 1. The van der Waals surface area contributed by atoms with E-state index >= 15 is 0 Å². The van der Waals surface area contributed by atoms with Gasteiger partial charge in [-0.25, -0.2) is 10.4 Å². The summed E-state index contributed by atoms with van der Waals surface area (Å²) in [5, 5.41) is 13.5. The lowest BCUT2D eigenvalue weighted by Crippen LogP contribution is -2.16. The number of benzene rings is 2. The topological polar surface area (TPSA) is 112 Å². The SMILES string of the molecule is COc1cc(C=NNc2nc(-c3ccccc3)c(C#N)c(=O)[nH]2)ccc1OCC=C(C)C. The van der Waals surface area contributed by atoms with E-state index in [0.717, 1.165) is 5.56 Å². The van der Waals surface area contributed by atoms with E-state index in [-0.39, 0.29) is 17.2 Å². The zero-order valence-electron chi connectivity index (χ0n) is 18.0. The van der Waals surface area contributed by atoms with E-state index in [1.54, 1.807) is 37.6 Å². The van der Waals surface area contributed by atoms with Crippen molar-refractivity contribution in [1.29, 1.82) is 5.26 Å². The summed E-state index contributed by atoms with van der Waals surface area (Å²) in [5.41, 5.74) is 4.98. The van der Waals surface area contributed by atoms with Gasteiger partial charge in [0.05, 0.1) is 19.0 Å². The molecule has 0 aliphatic rings. The van der Waals surface area contributed by atoms with Crippen LogP contribution in [-0.2, 0) is 0 Å². The molecule has 0 spiro atoms. The van der Waals surface area contributed by atoms with E-state index in [4.69, 9.17) is 9.47 Å². The maximum Gasteiger partial charge on any atom is 0.270 e. The van der Waals surface area contributed by atoms with Gasteiger partial charge in [0, 0.05) is 5.56 Å². The second-order valence-corrected chi connectivity index (χ2v) is 6.99. The highest BCUT2D eigenvalue weighted by Crippen LogP contribution is 2.27. The fourth-order valence-corrected chi connectivity index (χ4v) is 2.78. The first kappa shape index (κ1) is 22.3. The molecule has 3 aromatic rings. The second-order valence-electron chi connectivity index (χ2n) is 6.99. The number of nitrogens with one attached hydrogen (secondary N) is 2. The highest BCUT2D eigenvalue weighted by molar-refractivity contribution is 5.81. The van der Waals surface area contributed by atoms with Crippen LogP contribution in [0.4, 0.5) is 5.95 Å². The highest BCUT2D eigenvalue weighted by atomic mass is 16.5. The molecule has 3 rings (SSSR count). The first-order valence-corrected chi connectivity index (χ1v) is 9.85. The number of anilines is 1. The standard InChI is InChI=1S/C24H23N5O3/c1-16(2)11-12-32-20-10-9-17(13-21(20)31-3)15-26-29-24-27-22(18-7-5-4-6-8-18)19(14-25)23(30)28-24/h4-11,13,15H,12H2,1-3H3,(H2,27,28,29,30). The quantitative estimate of drug-likeness (QED) is 0.317. The maximum absolute atomic E-state index is 12.3.